The zero-order chi connectivity index (χ0) is 31.3. The van der Waals surface area contributed by atoms with Gasteiger partial charge < -0.3 is 9.13 Å². The van der Waals surface area contributed by atoms with Gasteiger partial charge in [-0.1, -0.05) is 117 Å². The summed E-state index contributed by atoms with van der Waals surface area (Å²) in [6.45, 7) is 4.78. The molecule has 0 amide bonds. The lowest BCUT2D eigenvalue weighted by Gasteiger charge is -2.22. The zero-order valence-electron chi connectivity index (χ0n) is 26.4. The summed E-state index contributed by atoms with van der Waals surface area (Å²) >= 11 is 0. The molecule has 1 aliphatic rings. The van der Waals surface area contributed by atoms with Crippen molar-refractivity contribution in [1.29, 1.82) is 0 Å². The largest absolute Gasteiger partial charge is 0.309 e. The molecular weight excluding hydrogens is 569 g/mol. The fourth-order valence-electron chi connectivity index (χ4n) is 8.24. The van der Waals surface area contributed by atoms with E-state index in [1.54, 1.807) is 0 Å². The van der Waals surface area contributed by atoms with Crippen LogP contribution in [0.4, 0.5) is 0 Å². The van der Waals surface area contributed by atoms with Crippen LogP contribution < -0.4 is 0 Å². The molecular formula is C45H32N2. The van der Waals surface area contributed by atoms with E-state index in [1.807, 2.05) is 0 Å². The Balaban J connectivity index is 1.21. The molecule has 2 heteroatoms. The molecule has 0 saturated heterocycles. The average Bonchev–Trinajstić information content (AvgIpc) is 3.71. The molecule has 0 spiro atoms. The van der Waals surface area contributed by atoms with Crippen molar-refractivity contribution in [3.8, 4) is 33.6 Å². The zero-order valence-corrected chi connectivity index (χ0v) is 26.4. The van der Waals surface area contributed by atoms with E-state index < -0.39 is 0 Å². The summed E-state index contributed by atoms with van der Waals surface area (Å²) in [6, 6.07) is 58.0. The third-order valence-corrected chi connectivity index (χ3v) is 10.5. The van der Waals surface area contributed by atoms with Crippen molar-refractivity contribution in [2.75, 3.05) is 0 Å². The van der Waals surface area contributed by atoms with Gasteiger partial charge in [0, 0.05) is 38.3 Å². The van der Waals surface area contributed by atoms with Crippen molar-refractivity contribution in [2.24, 2.45) is 0 Å². The second-order valence-electron chi connectivity index (χ2n) is 13.4. The van der Waals surface area contributed by atoms with Gasteiger partial charge >= 0.3 is 0 Å². The summed E-state index contributed by atoms with van der Waals surface area (Å²) in [5.41, 5.74) is 15.1. The molecule has 2 nitrogen and oxygen atoms in total. The van der Waals surface area contributed by atoms with Crippen LogP contribution in [0.25, 0.3) is 77.2 Å². The van der Waals surface area contributed by atoms with Crippen molar-refractivity contribution in [1.82, 2.24) is 9.13 Å². The SMILES string of the molecule is CC1(C)c2cc(-n3c4ccccc4c4ccc(-c5ccccc5)cc43)ccc2-c2cc3c(cc21)c1ccccc1n3-c1ccccc1. The maximum absolute atomic E-state index is 2.47. The molecule has 0 aliphatic heterocycles. The first-order valence-electron chi connectivity index (χ1n) is 16.4. The molecule has 0 radical (unpaired) electrons. The molecule has 0 unspecified atom stereocenters. The van der Waals surface area contributed by atoms with Crippen LogP contribution in [-0.4, -0.2) is 9.13 Å². The molecule has 47 heavy (non-hydrogen) atoms. The Kier molecular flexibility index (Phi) is 5.37. The number of nitrogens with zero attached hydrogens (tertiary/aromatic N) is 2. The lowest BCUT2D eigenvalue weighted by molar-refractivity contribution is 0.660. The average molecular weight is 601 g/mol. The Labute approximate surface area is 273 Å². The predicted molar refractivity (Wildman–Crippen MR) is 198 cm³/mol. The predicted octanol–water partition coefficient (Wildman–Crippen LogP) is 11.9. The first kappa shape index (κ1) is 26.4. The van der Waals surface area contributed by atoms with Crippen LogP contribution in [0.3, 0.4) is 0 Å². The van der Waals surface area contributed by atoms with Crippen LogP contribution in [-0.2, 0) is 5.41 Å². The van der Waals surface area contributed by atoms with Crippen molar-refractivity contribution in [2.45, 2.75) is 19.3 Å². The Morgan fingerprint density at radius 2 is 0.936 bits per heavy atom. The Morgan fingerprint density at radius 1 is 0.362 bits per heavy atom. The molecule has 9 aromatic rings. The van der Waals surface area contributed by atoms with Gasteiger partial charge in [-0.3, -0.25) is 0 Å². The Bertz CT molecular complexity index is 2690. The summed E-state index contributed by atoms with van der Waals surface area (Å²) in [7, 11) is 0. The van der Waals surface area contributed by atoms with Gasteiger partial charge in [0.25, 0.3) is 0 Å². The minimum atomic E-state index is -0.154. The minimum Gasteiger partial charge on any atom is -0.309 e. The number of rotatable bonds is 3. The first-order valence-corrected chi connectivity index (χ1v) is 16.4. The number of para-hydroxylation sites is 3. The van der Waals surface area contributed by atoms with E-state index in [-0.39, 0.29) is 5.41 Å². The van der Waals surface area contributed by atoms with E-state index in [2.05, 4.69) is 181 Å². The van der Waals surface area contributed by atoms with Crippen LogP contribution in [0.5, 0.6) is 0 Å². The third kappa shape index (κ3) is 3.67. The van der Waals surface area contributed by atoms with Gasteiger partial charge in [-0.15, -0.1) is 0 Å². The monoisotopic (exact) mass is 600 g/mol. The van der Waals surface area contributed by atoms with Crippen molar-refractivity contribution >= 4 is 43.6 Å². The summed E-state index contributed by atoms with van der Waals surface area (Å²) in [5.74, 6) is 0. The van der Waals surface area contributed by atoms with Crippen LogP contribution >= 0.6 is 0 Å². The summed E-state index contributed by atoms with van der Waals surface area (Å²) in [4.78, 5) is 0. The van der Waals surface area contributed by atoms with E-state index in [1.165, 1.54) is 88.4 Å². The maximum Gasteiger partial charge on any atom is 0.0547 e. The number of fused-ring (bicyclic) bond motifs is 9. The maximum atomic E-state index is 2.47. The summed E-state index contributed by atoms with van der Waals surface area (Å²) in [5, 5.41) is 5.15. The van der Waals surface area contributed by atoms with Gasteiger partial charge in [-0.25, -0.2) is 0 Å². The topological polar surface area (TPSA) is 9.86 Å². The van der Waals surface area contributed by atoms with Crippen LogP contribution in [0.2, 0.25) is 0 Å². The van der Waals surface area contributed by atoms with E-state index in [9.17, 15) is 0 Å². The lowest BCUT2D eigenvalue weighted by atomic mass is 9.82. The molecule has 0 bridgehead atoms. The molecule has 1 aliphatic carbocycles. The van der Waals surface area contributed by atoms with E-state index in [0.717, 1.165) is 0 Å². The number of aromatic nitrogens is 2. The van der Waals surface area contributed by atoms with Gasteiger partial charge in [-0.2, -0.15) is 0 Å². The Morgan fingerprint density at radius 3 is 1.68 bits per heavy atom. The van der Waals surface area contributed by atoms with Gasteiger partial charge in [0.2, 0.25) is 0 Å². The highest BCUT2D eigenvalue weighted by atomic mass is 15.0. The van der Waals surface area contributed by atoms with Crippen LogP contribution in [0, 0.1) is 0 Å². The number of hydrogen-bond donors (Lipinski definition) is 0. The standard InChI is InChI=1S/C45H32N2/c1-45(2)39-26-32(47-41-19-11-9-17-34(41)36-23-21-30(25-43(36)47)29-13-5-3-6-14-29)22-24-33(39)37-28-44-38(27-40(37)45)35-18-10-12-20-42(35)46(44)31-15-7-4-8-16-31/h3-28H,1-2H3. The highest BCUT2D eigenvalue weighted by Crippen LogP contribution is 2.52. The molecule has 0 fully saturated rings. The second kappa shape index (κ2) is 9.57. The molecule has 10 rings (SSSR count). The normalized spacial score (nSPS) is 13.5. The Hall–Kier alpha value is -5.86. The molecule has 7 aromatic carbocycles. The van der Waals surface area contributed by atoms with E-state index in [4.69, 9.17) is 0 Å². The number of hydrogen-bond acceptors (Lipinski definition) is 0. The van der Waals surface area contributed by atoms with Gasteiger partial charge in [0.1, 0.15) is 0 Å². The third-order valence-electron chi connectivity index (χ3n) is 10.5. The van der Waals surface area contributed by atoms with Crippen LogP contribution in [0.15, 0.2) is 158 Å². The minimum absolute atomic E-state index is 0.154. The summed E-state index contributed by atoms with van der Waals surface area (Å²) < 4.78 is 4.89. The first-order chi connectivity index (χ1) is 23.1. The molecule has 0 N–H and O–H groups in total. The fourth-order valence-corrected chi connectivity index (χ4v) is 8.24. The van der Waals surface area contributed by atoms with Gasteiger partial charge in [0.05, 0.1) is 22.1 Å². The quantitative estimate of drug-likeness (QED) is 0.191. The number of benzene rings is 7. The second-order valence-corrected chi connectivity index (χ2v) is 13.4. The lowest BCUT2D eigenvalue weighted by Crippen LogP contribution is -2.15. The van der Waals surface area contributed by atoms with Crippen molar-refractivity contribution in [3.63, 3.8) is 0 Å². The smallest absolute Gasteiger partial charge is 0.0547 e. The van der Waals surface area contributed by atoms with E-state index >= 15 is 0 Å². The molecule has 0 saturated carbocycles. The molecule has 0 atom stereocenters. The summed E-state index contributed by atoms with van der Waals surface area (Å²) in [6.07, 6.45) is 0. The fraction of sp³-hybridized carbons (Fsp3) is 0.0667. The van der Waals surface area contributed by atoms with Crippen LogP contribution in [0.1, 0.15) is 25.0 Å². The van der Waals surface area contributed by atoms with Crippen molar-refractivity contribution < 1.29 is 0 Å². The highest BCUT2D eigenvalue weighted by molar-refractivity contribution is 6.12. The van der Waals surface area contributed by atoms with Gasteiger partial charge in [-0.05, 0) is 88.0 Å². The van der Waals surface area contributed by atoms with E-state index in [0.29, 0.717) is 0 Å². The molecule has 2 aromatic heterocycles. The highest BCUT2D eigenvalue weighted by Gasteiger charge is 2.37. The molecule has 222 valence electrons. The van der Waals surface area contributed by atoms with Crippen molar-refractivity contribution in [3.05, 3.63) is 169 Å². The molecule has 2 heterocycles. The van der Waals surface area contributed by atoms with Gasteiger partial charge in [0.15, 0.2) is 0 Å².